The summed E-state index contributed by atoms with van der Waals surface area (Å²) in [6.45, 7) is 5.74. The van der Waals surface area contributed by atoms with Crippen LogP contribution < -0.4 is 10.6 Å². The molecular formula is C17H29N7S. The molecule has 0 fully saturated rings. The average molecular weight is 364 g/mol. The van der Waals surface area contributed by atoms with E-state index in [-0.39, 0.29) is 6.04 Å². The molecule has 1 unspecified atom stereocenters. The maximum absolute atomic E-state index is 4.57. The van der Waals surface area contributed by atoms with Crippen molar-refractivity contribution in [1.82, 2.24) is 30.3 Å². The first-order chi connectivity index (χ1) is 11.9. The molecule has 0 aromatic carbocycles. The van der Waals surface area contributed by atoms with Crippen LogP contribution in [-0.4, -0.2) is 59.9 Å². The van der Waals surface area contributed by atoms with Gasteiger partial charge in [-0.25, -0.2) is 4.98 Å². The zero-order valence-corrected chi connectivity index (χ0v) is 16.8. The van der Waals surface area contributed by atoms with Crippen LogP contribution in [0.2, 0.25) is 0 Å². The first kappa shape index (κ1) is 19.4. The van der Waals surface area contributed by atoms with Gasteiger partial charge in [0.05, 0.1) is 22.9 Å². The van der Waals surface area contributed by atoms with E-state index < -0.39 is 0 Å². The number of hydrogen-bond donors (Lipinski definition) is 2. The molecule has 2 aromatic rings. The molecule has 0 aliphatic heterocycles. The van der Waals surface area contributed by atoms with Crippen molar-refractivity contribution in [1.29, 1.82) is 0 Å². The van der Waals surface area contributed by atoms with Gasteiger partial charge in [0.2, 0.25) is 0 Å². The van der Waals surface area contributed by atoms with E-state index in [0.29, 0.717) is 0 Å². The Morgan fingerprint density at radius 1 is 1.36 bits per heavy atom. The number of nitrogens with one attached hydrogen (secondary N) is 2. The fourth-order valence-corrected chi connectivity index (χ4v) is 3.49. The Bertz CT molecular complexity index is 682. The van der Waals surface area contributed by atoms with E-state index >= 15 is 0 Å². The highest BCUT2D eigenvalue weighted by molar-refractivity contribution is 7.11. The molecule has 2 heterocycles. The predicted molar refractivity (Wildman–Crippen MR) is 104 cm³/mol. The molecule has 8 heteroatoms. The smallest absolute Gasteiger partial charge is 0.191 e. The van der Waals surface area contributed by atoms with E-state index in [1.54, 1.807) is 18.4 Å². The van der Waals surface area contributed by atoms with Gasteiger partial charge in [-0.2, -0.15) is 5.10 Å². The number of hydrogen-bond acceptors (Lipinski definition) is 5. The molecule has 7 nitrogen and oxygen atoms in total. The second-order valence-electron chi connectivity index (χ2n) is 6.31. The molecule has 0 aliphatic carbocycles. The summed E-state index contributed by atoms with van der Waals surface area (Å²) >= 11 is 1.77. The minimum absolute atomic E-state index is 0.233. The number of likely N-dealkylation sites (N-methyl/N-ethyl adjacent to an activating group) is 1. The predicted octanol–water partition coefficient (Wildman–Crippen LogP) is 1.50. The third kappa shape index (κ3) is 5.54. The molecule has 0 aliphatic rings. The lowest BCUT2D eigenvalue weighted by Crippen LogP contribution is -2.42. The van der Waals surface area contributed by atoms with Crippen LogP contribution in [0.4, 0.5) is 0 Å². The first-order valence-corrected chi connectivity index (χ1v) is 9.24. The van der Waals surface area contributed by atoms with Gasteiger partial charge in [-0.1, -0.05) is 0 Å². The average Bonchev–Trinajstić information content (AvgIpc) is 3.11. The SMILES string of the molecule is CN=C(NCCc1nc(C)c(C)s1)NCC(c1cnn(C)c1)N(C)C. The van der Waals surface area contributed by atoms with Crippen molar-refractivity contribution in [3.8, 4) is 0 Å². The van der Waals surface area contributed by atoms with Crippen LogP contribution in [0.3, 0.4) is 0 Å². The number of guanidine groups is 1. The summed E-state index contributed by atoms with van der Waals surface area (Å²) in [6, 6.07) is 0.233. The highest BCUT2D eigenvalue weighted by atomic mass is 32.1. The number of nitrogens with zero attached hydrogens (tertiary/aromatic N) is 5. The molecule has 2 aromatic heterocycles. The van der Waals surface area contributed by atoms with Gasteiger partial charge in [-0.3, -0.25) is 9.67 Å². The quantitative estimate of drug-likeness (QED) is 0.576. The molecule has 0 bridgehead atoms. The lowest BCUT2D eigenvalue weighted by atomic mass is 10.1. The topological polar surface area (TPSA) is 70.4 Å². The maximum atomic E-state index is 4.57. The monoisotopic (exact) mass is 363 g/mol. The van der Waals surface area contributed by atoms with Crippen molar-refractivity contribution < 1.29 is 0 Å². The van der Waals surface area contributed by atoms with Gasteiger partial charge in [-0.15, -0.1) is 11.3 Å². The van der Waals surface area contributed by atoms with Gasteiger partial charge >= 0.3 is 0 Å². The molecular weight excluding hydrogens is 334 g/mol. The van der Waals surface area contributed by atoms with Crippen molar-refractivity contribution in [2.45, 2.75) is 26.3 Å². The highest BCUT2D eigenvalue weighted by Crippen LogP contribution is 2.17. The molecule has 138 valence electrons. The summed E-state index contributed by atoms with van der Waals surface area (Å²) in [7, 11) is 7.87. The van der Waals surface area contributed by atoms with Crippen molar-refractivity contribution in [2.75, 3.05) is 34.2 Å². The zero-order chi connectivity index (χ0) is 18.4. The summed E-state index contributed by atoms with van der Waals surface area (Å²) in [5.41, 5.74) is 2.32. The fourth-order valence-electron chi connectivity index (χ4n) is 2.56. The summed E-state index contributed by atoms with van der Waals surface area (Å²) in [5, 5.41) is 12.2. The number of rotatable bonds is 7. The van der Waals surface area contributed by atoms with E-state index in [2.05, 4.69) is 64.7 Å². The Balaban J connectivity index is 1.84. The Morgan fingerprint density at radius 3 is 2.64 bits per heavy atom. The minimum atomic E-state index is 0.233. The van der Waals surface area contributed by atoms with Crippen molar-refractivity contribution in [3.63, 3.8) is 0 Å². The second kappa shape index (κ2) is 8.96. The van der Waals surface area contributed by atoms with E-state index in [4.69, 9.17) is 0 Å². The van der Waals surface area contributed by atoms with Gasteiger partial charge in [-0.05, 0) is 27.9 Å². The summed E-state index contributed by atoms with van der Waals surface area (Å²) in [5.74, 6) is 0.806. The van der Waals surface area contributed by atoms with Gasteiger partial charge in [0.25, 0.3) is 0 Å². The Labute approximate surface area is 154 Å². The molecule has 0 radical (unpaired) electrons. The standard InChI is InChI=1S/C17H29N7S/c1-12-13(2)25-16(22-12)7-8-19-17(18-3)20-10-15(23(4)5)14-9-21-24(6)11-14/h9,11,15H,7-8,10H2,1-6H3,(H2,18,19,20). The third-order valence-electron chi connectivity index (χ3n) is 4.12. The van der Waals surface area contributed by atoms with Gasteiger partial charge in [0.15, 0.2) is 5.96 Å². The van der Waals surface area contributed by atoms with Crippen LogP contribution in [0.1, 0.15) is 27.2 Å². The number of aliphatic imine (C=N–C) groups is 1. The van der Waals surface area contributed by atoms with Gasteiger partial charge < -0.3 is 15.5 Å². The Kier molecular flexibility index (Phi) is 6.95. The van der Waals surface area contributed by atoms with Gasteiger partial charge in [0, 0.05) is 50.2 Å². The van der Waals surface area contributed by atoms with Crippen LogP contribution in [-0.2, 0) is 13.5 Å². The first-order valence-electron chi connectivity index (χ1n) is 8.43. The molecule has 0 saturated carbocycles. The number of aryl methyl sites for hydroxylation is 3. The highest BCUT2D eigenvalue weighted by Gasteiger charge is 2.16. The lowest BCUT2D eigenvalue weighted by molar-refractivity contribution is 0.298. The van der Waals surface area contributed by atoms with Crippen molar-refractivity contribution >= 4 is 17.3 Å². The zero-order valence-electron chi connectivity index (χ0n) is 16.0. The summed E-state index contributed by atoms with van der Waals surface area (Å²) in [4.78, 5) is 12.4. The molecule has 2 N–H and O–H groups in total. The lowest BCUT2D eigenvalue weighted by Gasteiger charge is -2.24. The minimum Gasteiger partial charge on any atom is -0.356 e. The van der Waals surface area contributed by atoms with Crippen molar-refractivity contribution in [3.05, 3.63) is 33.5 Å². The van der Waals surface area contributed by atoms with E-state index in [1.165, 1.54) is 15.4 Å². The van der Waals surface area contributed by atoms with Crippen LogP contribution in [0, 0.1) is 13.8 Å². The molecule has 0 saturated heterocycles. The van der Waals surface area contributed by atoms with E-state index in [0.717, 1.165) is 31.2 Å². The molecule has 0 amide bonds. The largest absolute Gasteiger partial charge is 0.356 e. The van der Waals surface area contributed by atoms with E-state index in [9.17, 15) is 0 Å². The van der Waals surface area contributed by atoms with Crippen LogP contribution >= 0.6 is 11.3 Å². The van der Waals surface area contributed by atoms with Gasteiger partial charge in [0.1, 0.15) is 0 Å². The Morgan fingerprint density at radius 2 is 2.12 bits per heavy atom. The van der Waals surface area contributed by atoms with Crippen molar-refractivity contribution in [2.24, 2.45) is 12.0 Å². The maximum Gasteiger partial charge on any atom is 0.191 e. The summed E-state index contributed by atoms with van der Waals surface area (Å²) < 4.78 is 1.83. The summed E-state index contributed by atoms with van der Waals surface area (Å²) in [6.07, 6.45) is 4.87. The number of aromatic nitrogens is 3. The molecule has 25 heavy (non-hydrogen) atoms. The fraction of sp³-hybridized carbons (Fsp3) is 0.588. The number of thiazole rings is 1. The second-order valence-corrected chi connectivity index (χ2v) is 7.59. The third-order valence-corrected chi connectivity index (χ3v) is 5.26. The van der Waals surface area contributed by atoms with Crippen LogP contribution in [0.15, 0.2) is 17.4 Å². The normalized spacial score (nSPS) is 13.3. The van der Waals surface area contributed by atoms with Crippen LogP contribution in [0.25, 0.3) is 0 Å². The van der Waals surface area contributed by atoms with E-state index in [1.807, 2.05) is 17.9 Å². The molecule has 0 spiro atoms. The molecule has 1 atom stereocenters. The Hall–Kier alpha value is -1.93. The van der Waals surface area contributed by atoms with Crippen LogP contribution in [0.5, 0.6) is 0 Å². The molecule has 2 rings (SSSR count).